The first-order valence-corrected chi connectivity index (χ1v) is 7.09. The average molecular weight is 318 g/mol. The molecule has 2 rings (SSSR count). The minimum absolute atomic E-state index is 0.0676. The van der Waals surface area contributed by atoms with E-state index in [4.69, 9.17) is 9.47 Å². The maximum Gasteiger partial charge on any atom is 0.239 e. The molecule has 23 heavy (non-hydrogen) atoms. The Morgan fingerprint density at radius 1 is 1.09 bits per heavy atom. The van der Waals surface area contributed by atoms with Crippen LogP contribution in [0, 0.1) is 5.82 Å². The van der Waals surface area contributed by atoms with E-state index in [9.17, 15) is 9.18 Å². The van der Waals surface area contributed by atoms with E-state index >= 15 is 0 Å². The molecule has 2 aromatic rings. The SMILES string of the molecule is COc1ccc(CNC(=O)CNc2ccc(F)cc2OC)cc1. The van der Waals surface area contributed by atoms with Gasteiger partial charge in [-0.1, -0.05) is 12.1 Å². The summed E-state index contributed by atoms with van der Waals surface area (Å²) < 4.78 is 23.2. The number of ether oxygens (including phenoxy) is 2. The number of anilines is 1. The molecule has 0 heterocycles. The quantitative estimate of drug-likeness (QED) is 0.824. The highest BCUT2D eigenvalue weighted by Crippen LogP contribution is 2.24. The minimum atomic E-state index is -0.392. The van der Waals surface area contributed by atoms with Crippen LogP contribution in [0.1, 0.15) is 5.56 Å². The van der Waals surface area contributed by atoms with Crippen LogP contribution in [0.2, 0.25) is 0 Å². The van der Waals surface area contributed by atoms with E-state index in [1.807, 2.05) is 24.3 Å². The fourth-order valence-electron chi connectivity index (χ4n) is 1.99. The molecule has 0 aromatic heterocycles. The highest BCUT2D eigenvalue weighted by molar-refractivity contribution is 5.81. The first-order chi connectivity index (χ1) is 11.1. The maximum absolute atomic E-state index is 13.1. The van der Waals surface area contributed by atoms with Gasteiger partial charge < -0.3 is 20.1 Å². The monoisotopic (exact) mass is 318 g/mol. The van der Waals surface area contributed by atoms with Crippen LogP contribution in [0.3, 0.4) is 0 Å². The van der Waals surface area contributed by atoms with Gasteiger partial charge in [-0.05, 0) is 29.8 Å². The normalized spacial score (nSPS) is 10.0. The summed E-state index contributed by atoms with van der Waals surface area (Å²) in [6.07, 6.45) is 0. The van der Waals surface area contributed by atoms with E-state index < -0.39 is 5.82 Å². The van der Waals surface area contributed by atoms with E-state index in [1.165, 1.54) is 25.3 Å². The van der Waals surface area contributed by atoms with Crippen molar-refractivity contribution in [3.63, 3.8) is 0 Å². The fraction of sp³-hybridized carbons (Fsp3) is 0.235. The molecule has 0 aliphatic rings. The Balaban J connectivity index is 1.83. The molecule has 0 aliphatic heterocycles. The average Bonchev–Trinajstić information content (AvgIpc) is 2.59. The standard InChI is InChI=1S/C17H19FN2O3/c1-22-14-6-3-12(4-7-14)10-20-17(21)11-19-15-8-5-13(18)9-16(15)23-2/h3-9,19H,10-11H2,1-2H3,(H,20,21). The zero-order valence-corrected chi connectivity index (χ0v) is 13.1. The van der Waals surface area contributed by atoms with Crippen molar-refractivity contribution in [3.8, 4) is 11.5 Å². The first kappa shape index (κ1) is 16.6. The Hall–Kier alpha value is -2.76. The molecule has 1 amide bonds. The van der Waals surface area contributed by atoms with E-state index in [0.29, 0.717) is 18.0 Å². The molecule has 0 radical (unpaired) electrons. The molecule has 0 fully saturated rings. The molecule has 0 bridgehead atoms. The van der Waals surface area contributed by atoms with Crippen LogP contribution in [0.5, 0.6) is 11.5 Å². The summed E-state index contributed by atoms with van der Waals surface area (Å²) in [5, 5.41) is 5.72. The lowest BCUT2D eigenvalue weighted by Crippen LogP contribution is -2.29. The molecule has 0 saturated heterocycles. The van der Waals surface area contributed by atoms with Gasteiger partial charge in [0.2, 0.25) is 5.91 Å². The minimum Gasteiger partial charge on any atom is -0.497 e. The lowest BCUT2D eigenvalue weighted by atomic mass is 10.2. The van der Waals surface area contributed by atoms with Crippen molar-refractivity contribution in [2.75, 3.05) is 26.1 Å². The third-order valence-electron chi connectivity index (χ3n) is 3.25. The summed E-state index contributed by atoms with van der Waals surface area (Å²) in [6, 6.07) is 11.5. The lowest BCUT2D eigenvalue weighted by Gasteiger charge is -2.11. The number of benzene rings is 2. The number of amides is 1. The summed E-state index contributed by atoms with van der Waals surface area (Å²) in [6.45, 7) is 0.489. The molecular weight excluding hydrogens is 299 g/mol. The predicted octanol–water partition coefficient (Wildman–Crippen LogP) is 2.57. The van der Waals surface area contributed by atoms with Crippen LogP contribution < -0.4 is 20.1 Å². The van der Waals surface area contributed by atoms with Gasteiger partial charge in [0.1, 0.15) is 17.3 Å². The second-order valence-electron chi connectivity index (χ2n) is 4.82. The van der Waals surface area contributed by atoms with Crippen LogP contribution in [0.4, 0.5) is 10.1 Å². The van der Waals surface area contributed by atoms with Crippen LogP contribution in [0.15, 0.2) is 42.5 Å². The molecule has 2 aromatic carbocycles. The van der Waals surface area contributed by atoms with Crippen molar-refractivity contribution >= 4 is 11.6 Å². The molecule has 2 N–H and O–H groups in total. The smallest absolute Gasteiger partial charge is 0.239 e. The number of nitrogens with one attached hydrogen (secondary N) is 2. The summed E-state index contributed by atoms with van der Waals surface area (Å²) in [4.78, 5) is 11.9. The topological polar surface area (TPSA) is 59.6 Å². The van der Waals surface area contributed by atoms with Crippen molar-refractivity contribution < 1.29 is 18.7 Å². The Kier molecular flexibility index (Phi) is 5.80. The molecule has 0 unspecified atom stereocenters. The summed E-state index contributed by atoms with van der Waals surface area (Å²) in [5.74, 6) is 0.557. The zero-order valence-electron chi connectivity index (χ0n) is 13.1. The van der Waals surface area contributed by atoms with Crippen molar-refractivity contribution in [1.29, 1.82) is 0 Å². The zero-order chi connectivity index (χ0) is 16.7. The summed E-state index contributed by atoms with van der Waals surface area (Å²) >= 11 is 0. The predicted molar refractivity (Wildman–Crippen MR) is 86.3 cm³/mol. The summed E-state index contributed by atoms with van der Waals surface area (Å²) in [7, 11) is 3.05. The number of rotatable bonds is 7. The van der Waals surface area contributed by atoms with Gasteiger partial charge >= 0.3 is 0 Å². The molecule has 0 saturated carbocycles. The molecule has 0 aliphatic carbocycles. The Labute approximate surface area is 134 Å². The van der Waals surface area contributed by atoms with Gasteiger partial charge in [-0.15, -0.1) is 0 Å². The van der Waals surface area contributed by atoms with Gasteiger partial charge in [0, 0.05) is 12.6 Å². The third-order valence-corrected chi connectivity index (χ3v) is 3.25. The number of hydrogen-bond donors (Lipinski definition) is 2. The van der Waals surface area contributed by atoms with Crippen LogP contribution in [0.25, 0.3) is 0 Å². The van der Waals surface area contributed by atoms with Gasteiger partial charge in [0.05, 0.1) is 26.5 Å². The lowest BCUT2D eigenvalue weighted by molar-refractivity contribution is -0.119. The number of carbonyl (C=O) groups excluding carboxylic acids is 1. The van der Waals surface area contributed by atoms with Gasteiger partial charge in [-0.3, -0.25) is 4.79 Å². The van der Waals surface area contributed by atoms with E-state index in [2.05, 4.69) is 10.6 Å². The van der Waals surface area contributed by atoms with E-state index in [1.54, 1.807) is 7.11 Å². The van der Waals surface area contributed by atoms with Crippen molar-refractivity contribution in [1.82, 2.24) is 5.32 Å². The van der Waals surface area contributed by atoms with Crippen molar-refractivity contribution in [2.45, 2.75) is 6.54 Å². The number of methoxy groups -OCH3 is 2. The number of carbonyl (C=O) groups is 1. The Bertz CT molecular complexity index is 659. The first-order valence-electron chi connectivity index (χ1n) is 7.09. The van der Waals surface area contributed by atoms with Crippen LogP contribution in [-0.2, 0) is 11.3 Å². The Morgan fingerprint density at radius 2 is 1.83 bits per heavy atom. The molecule has 0 atom stereocenters. The van der Waals surface area contributed by atoms with Gasteiger partial charge in [-0.2, -0.15) is 0 Å². The van der Waals surface area contributed by atoms with E-state index in [0.717, 1.165) is 11.3 Å². The highest BCUT2D eigenvalue weighted by Gasteiger charge is 2.07. The van der Waals surface area contributed by atoms with Crippen LogP contribution >= 0.6 is 0 Å². The largest absolute Gasteiger partial charge is 0.497 e. The third kappa shape index (κ3) is 4.88. The molecule has 122 valence electrons. The van der Waals surface area contributed by atoms with Crippen LogP contribution in [-0.4, -0.2) is 26.7 Å². The van der Waals surface area contributed by atoms with Gasteiger partial charge in [0.15, 0.2) is 0 Å². The molecular formula is C17H19FN2O3. The molecule has 5 nitrogen and oxygen atoms in total. The fourth-order valence-corrected chi connectivity index (χ4v) is 1.99. The second-order valence-corrected chi connectivity index (χ2v) is 4.82. The second kappa shape index (κ2) is 8.03. The van der Waals surface area contributed by atoms with E-state index in [-0.39, 0.29) is 12.5 Å². The summed E-state index contributed by atoms with van der Waals surface area (Å²) in [5.41, 5.74) is 1.53. The number of hydrogen-bond acceptors (Lipinski definition) is 4. The molecule has 0 spiro atoms. The maximum atomic E-state index is 13.1. The van der Waals surface area contributed by atoms with Gasteiger partial charge in [0.25, 0.3) is 0 Å². The number of halogens is 1. The van der Waals surface area contributed by atoms with Crippen molar-refractivity contribution in [2.24, 2.45) is 0 Å². The Morgan fingerprint density at radius 3 is 2.48 bits per heavy atom. The highest BCUT2D eigenvalue weighted by atomic mass is 19.1. The van der Waals surface area contributed by atoms with Crippen molar-refractivity contribution in [3.05, 3.63) is 53.8 Å². The molecule has 6 heteroatoms. The van der Waals surface area contributed by atoms with Gasteiger partial charge in [-0.25, -0.2) is 4.39 Å².